The first kappa shape index (κ1) is 38.7. The second kappa shape index (κ2) is 24.0. The molecule has 0 heterocycles. The SMILES string of the molecule is CC(C)N(C(C)C)P(OCCC#N)OCCCCC(=O)OCc1ccccc1.O=C(O)CCCC(=O)OCc1ccccc1. The molecule has 2 aromatic rings. The van der Waals surface area contributed by atoms with Crippen molar-refractivity contribution in [2.24, 2.45) is 0 Å². The molecule has 1 N–H and O–H groups in total. The summed E-state index contributed by atoms with van der Waals surface area (Å²) in [5, 5.41) is 17.1. The number of esters is 2. The molecule has 44 heavy (non-hydrogen) atoms. The van der Waals surface area contributed by atoms with Crippen LogP contribution in [0.5, 0.6) is 0 Å². The lowest BCUT2D eigenvalue weighted by atomic mass is 10.2. The third-order valence-corrected chi connectivity index (χ3v) is 8.00. The molecule has 0 aliphatic carbocycles. The molecule has 0 aliphatic rings. The van der Waals surface area contributed by atoms with E-state index in [1.54, 1.807) is 0 Å². The standard InChI is InChI=1S/C21H33N2O4P.C12H14O4/c1-18(2)23(19(3)4)28(27-16-10-14-22)26-15-9-8-13-21(24)25-17-20-11-6-5-7-12-20;13-11(14)7-4-8-12(15)16-9-10-5-2-1-3-6-10/h5-7,11-12,18-19H,8-10,13,15-17H2,1-4H3;1-3,5-6H,4,7-9H2,(H,13,14). The molecule has 0 aliphatic heterocycles. The van der Waals surface area contributed by atoms with Crippen LogP contribution in [-0.2, 0) is 46.1 Å². The molecule has 0 bridgehead atoms. The zero-order valence-corrected chi connectivity index (χ0v) is 27.2. The van der Waals surface area contributed by atoms with Gasteiger partial charge in [0.05, 0.1) is 25.7 Å². The van der Waals surface area contributed by atoms with E-state index < -0.39 is 14.5 Å². The Morgan fingerprint density at radius 2 is 1.23 bits per heavy atom. The van der Waals surface area contributed by atoms with Gasteiger partial charge in [-0.25, -0.2) is 4.67 Å². The lowest BCUT2D eigenvalue weighted by Gasteiger charge is -2.35. The van der Waals surface area contributed by atoms with E-state index in [0.717, 1.165) is 17.5 Å². The third-order valence-electron chi connectivity index (χ3n) is 5.90. The maximum Gasteiger partial charge on any atom is 0.306 e. The predicted octanol–water partition coefficient (Wildman–Crippen LogP) is 7.18. The van der Waals surface area contributed by atoms with E-state index in [-0.39, 0.29) is 43.5 Å². The van der Waals surface area contributed by atoms with Gasteiger partial charge in [0.25, 0.3) is 8.53 Å². The quantitative estimate of drug-likeness (QED) is 0.0910. The number of nitrogens with zero attached hydrogens (tertiary/aromatic N) is 2. The summed E-state index contributed by atoms with van der Waals surface area (Å²) in [7, 11) is -1.22. The van der Waals surface area contributed by atoms with Crippen molar-refractivity contribution in [3.05, 3.63) is 71.8 Å². The lowest BCUT2D eigenvalue weighted by molar-refractivity contribution is -0.146. The van der Waals surface area contributed by atoms with Gasteiger partial charge in [-0.05, 0) is 58.1 Å². The molecule has 0 radical (unpaired) electrons. The van der Waals surface area contributed by atoms with Gasteiger partial charge in [-0.2, -0.15) is 5.26 Å². The van der Waals surface area contributed by atoms with Crippen molar-refractivity contribution in [2.45, 2.75) is 97.9 Å². The molecule has 2 rings (SSSR count). The molecule has 1 atom stereocenters. The summed E-state index contributed by atoms with van der Waals surface area (Å²) < 4.78 is 24.3. The summed E-state index contributed by atoms with van der Waals surface area (Å²) >= 11 is 0. The van der Waals surface area contributed by atoms with Crippen LogP contribution in [0.4, 0.5) is 0 Å². The molecule has 11 heteroatoms. The van der Waals surface area contributed by atoms with E-state index in [0.29, 0.717) is 45.5 Å². The zero-order chi connectivity index (χ0) is 32.6. The first-order chi connectivity index (χ1) is 21.1. The summed E-state index contributed by atoms with van der Waals surface area (Å²) in [6.07, 6.45) is 2.66. The van der Waals surface area contributed by atoms with E-state index in [2.05, 4.69) is 38.4 Å². The van der Waals surface area contributed by atoms with Crippen molar-refractivity contribution >= 4 is 26.4 Å². The van der Waals surface area contributed by atoms with Crippen LogP contribution in [0.15, 0.2) is 60.7 Å². The van der Waals surface area contributed by atoms with Crippen molar-refractivity contribution in [1.82, 2.24) is 4.67 Å². The van der Waals surface area contributed by atoms with E-state index in [4.69, 9.17) is 28.9 Å². The number of unbranched alkanes of at least 4 members (excludes halogenated alkanes) is 1. The van der Waals surface area contributed by atoms with Crippen LogP contribution in [0, 0.1) is 11.3 Å². The number of carbonyl (C=O) groups excluding carboxylic acids is 2. The number of hydrogen-bond donors (Lipinski definition) is 1. The fraction of sp³-hybridized carbons (Fsp3) is 0.515. The molecule has 242 valence electrons. The summed E-state index contributed by atoms with van der Waals surface area (Å²) in [6.45, 7) is 9.86. The summed E-state index contributed by atoms with van der Waals surface area (Å²) in [6, 6.07) is 21.7. The van der Waals surface area contributed by atoms with Gasteiger partial charge in [0.2, 0.25) is 0 Å². The van der Waals surface area contributed by atoms with Crippen LogP contribution >= 0.6 is 8.53 Å². The Morgan fingerprint density at radius 3 is 1.68 bits per heavy atom. The molecular weight excluding hydrogens is 583 g/mol. The van der Waals surface area contributed by atoms with Crippen LogP contribution < -0.4 is 0 Å². The van der Waals surface area contributed by atoms with E-state index in [1.165, 1.54) is 0 Å². The first-order valence-corrected chi connectivity index (χ1v) is 16.1. The Kier molecular flexibility index (Phi) is 21.1. The highest BCUT2D eigenvalue weighted by atomic mass is 31.2. The molecule has 0 fully saturated rings. The molecule has 10 nitrogen and oxygen atoms in total. The number of rotatable bonds is 20. The van der Waals surface area contributed by atoms with Crippen LogP contribution in [0.25, 0.3) is 0 Å². The van der Waals surface area contributed by atoms with Gasteiger partial charge in [0.15, 0.2) is 0 Å². The molecular formula is C33H47N2O8P. The van der Waals surface area contributed by atoms with Crippen molar-refractivity contribution in [2.75, 3.05) is 13.2 Å². The predicted molar refractivity (Wildman–Crippen MR) is 169 cm³/mol. The van der Waals surface area contributed by atoms with Gasteiger partial charge in [-0.15, -0.1) is 0 Å². The topological polar surface area (TPSA) is 135 Å². The number of aliphatic carboxylic acids is 1. The monoisotopic (exact) mass is 630 g/mol. The van der Waals surface area contributed by atoms with Gasteiger partial charge < -0.3 is 23.6 Å². The minimum atomic E-state index is -1.22. The van der Waals surface area contributed by atoms with Crippen molar-refractivity contribution in [3.8, 4) is 6.07 Å². The second-order valence-corrected chi connectivity index (χ2v) is 11.8. The zero-order valence-electron chi connectivity index (χ0n) is 26.4. The normalized spacial score (nSPS) is 11.4. The summed E-state index contributed by atoms with van der Waals surface area (Å²) in [5.74, 6) is -1.44. The van der Waals surface area contributed by atoms with Crippen molar-refractivity contribution in [3.63, 3.8) is 0 Å². The van der Waals surface area contributed by atoms with E-state index in [9.17, 15) is 14.4 Å². The third kappa shape index (κ3) is 19.0. The number of benzene rings is 2. The number of ether oxygens (including phenoxy) is 2. The average Bonchev–Trinajstić information content (AvgIpc) is 2.99. The molecule has 0 spiro atoms. The fourth-order valence-corrected chi connectivity index (χ4v) is 5.46. The second-order valence-electron chi connectivity index (χ2n) is 10.4. The van der Waals surface area contributed by atoms with Crippen molar-refractivity contribution in [1.29, 1.82) is 5.26 Å². The molecule has 0 saturated heterocycles. The molecule has 1 unspecified atom stereocenters. The average molecular weight is 631 g/mol. The molecule has 0 amide bonds. The highest BCUT2D eigenvalue weighted by molar-refractivity contribution is 7.44. The minimum absolute atomic E-state index is 0.000434. The Labute approximate surface area is 263 Å². The lowest BCUT2D eigenvalue weighted by Crippen LogP contribution is -2.33. The maximum absolute atomic E-state index is 11.9. The van der Waals surface area contributed by atoms with Crippen LogP contribution in [0.3, 0.4) is 0 Å². The van der Waals surface area contributed by atoms with Gasteiger partial charge in [0, 0.05) is 31.3 Å². The molecule has 0 aromatic heterocycles. The highest BCUT2D eigenvalue weighted by Gasteiger charge is 2.26. The number of carbonyl (C=O) groups is 3. The Bertz CT molecular complexity index is 1100. The Morgan fingerprint density at radius 1 is 0.750 bits per heavy atom. The first-order valence-electron chi connectivity index (χ1n) is 15.0. The van der Waals surface area contributed by atoms with Gasteiger partial charge in [-0.1, -0.05) is 60.7 Å². The number of carboxylic acid groups (broad SMARTS) is 1. The smallest absolute Gasteiger partial charge is 0.306 e. The number of hydrogen-bond acceptors (Lipinski definition) is 9. The molecule has 0 saturated carbocycles. The minimum Gasteiger partial charge on any atom is -0.481 e. The van der Waals surface area contributed by atoms with Crippen LogP contribution in [0.2, 0.25) is 0 Å². The van der Waals surface area contributed by atoms with E-state index >= 15 is 0 Å². The maximum atomic E-state index is 11.9. The van der Waals surface area contributed by atoms with Gasteiger partial charge >= 0.3 is 17.9 Å². The van der Waals surface area contributed by atoms with E-state index in [1.807, 2.05) is 60.7 Å². The van der Waals surface area contributed by atoms with Crippen LogP contribution in [-0.4, -0.2) is 53.0 Å². The fourth-order valence-electron chi connectivity index (χ4n) is 3.83. The Hall–Kier alpha value is -3.35. The number of nitriles is 1. The number of carboxylic acids is 1. The molecule has 2 aromatic carbocycles. The summed E-state index contributed by atoms with van der Waals surface area (Å²) in [4.78, 5) is 33.2. The van der Waals surface area contributed by atoms with Gasteiger partial charge in [0.1, 0.15) is 13.2 Å². The summed E-state index contributed by atoms with van der Waals surface area (Å²) in [5.41, 5.74) is 1.91. The van der Waals surface area contributed by atoms with Crippen LogP contribution in [0.1, 0.15) is 83.8 Å². The Balaban J connectivity index is 0.000000511. The van der Waals surface area contributed by atoms with Gasteiger partial charge in [-0.3, -0.25) is 14.4 Å². The largest absolute Gasteiger partial charge is 0.481 e. The van der Waals surface area contributed by atoms with Crippen molar-refractivity contribution < 1.29 is 38.0 Å². The highest BCUT2D eigenvalue weighted by Crippen LogP contribution is 2.46.